The molecular formula is C18H18N2O3S. The fourth-order valence-corrected chi connectivity index (χ4v) is 3.05. The Hall–Kier alpha value is -2.60. The van der Waals surface area contributed by atoms with Gasteiger partial charge in [-0.15, -0.1) is 0 Å². The van der Waals surface area contributed by atoms with Crippen molar-refractivity contribution in [2.75, 3.05) is 4.72 Å². The van der Waals surface area contributed by atoms with E-state index in [1.807, 2.05) is 44.2 Å². The number of hydrogen-bond donors (Lipinski definition) is 1. The zero-order valence-corrected chi connectivity index (χ0v) is 14.2. The number of nitrogens with one attached hydrogen (secondary N) is 1. The van der Waals surface area contributed by atoms with Crippen LogP contribution < -0.4 is 4.72 Å². The number of fused-ring (bicyclic) bond motifs is 1. The third kappa shape index (κ3) is 3.83. The third-order valence-corrected chi connectivity index (χ3v) is 4.41. The highest BCUT2D eigenvalue weighted by atomic mass is 32.2. The summed E-state index contributed by atoms with van der Waals surface area (Å²) in [6.07, 6.45) is 1.55. The van der Waals surface area contributed by atoms with Gasteiger partial charge in [0, 0.05) is 5.92 Å². The van der Waals surface area contributed by atoms with Crippen LogP contribution in [0.2, 0.25) is 0 Å². The van der Waals surface area contributed by atoms with E-state index in [-0.39, 0.29) is 5.92 Å². The van der Waals surface area contributed by atoms with Crippen LogP contribution in [0.3, 0.4) is 0 Å². The molecule has 0 spiro atoms. The lowest BCUT2D eigenvalue weighted by molar-refractivity contribution is 0.501. The molecule has 0 aliphatic carbocycles. The minimum absolute atomic E-state index is 0.173. The quantitative estimate of drug-likeness (QED) is 0.747. The zero-order valence-electron chi connectivity index (χ0n) is 13.4. The highest BCUT2D eigenvalue weighted by Crippen LogP contribution is 2.24. The second-order valence-electron chi connectivity index (χ2n) is 5.75. The molecule has 0 saturated carbocycles. The fourth-order valence-electron chi connectivity index (χ4n) is 2.19. The molecule has 2 aromatic carbocycles. The summed E-state index contributed by atoms with van der Waals surface area (Å²) >= 11 is 0. The summed E-state index contributed by atoms with van der Waals surface area (Å²) in [7, 11) is -3.60. The van der Waals surface area contributed by atoms with Gasteiger partial charge in [-0.05, 0) is 29.8 Å². The van der Waals surface area contributed by atoms with E-state index in [9.17, 15) is 8.42 Å². The normalized spacial score (nSPS) is 12.3. The van der Waals surface area contributed by atoms with E-state index in [4.69, 9.17) is 4.42 Å². The van der Waals surface area contributed by atoms with E-state index in [2.05, 4.69) is 9.71 Å². The maximum Gasteiger partial charge on any atom is 0.255 e. The van der Waals surface area contributed by atoms with Gasteiger partial charge in [0.25, 0.3) is 10.0 Å². The third-order valence-electron chi connectivity index (χ3n) is 3.40. The summed E-state index contributed by atoms with van der Waals surface area (Å²) in [5.41, 5.74) is 2.53. The lowest BCUT2D eigenvalue weighted by Crippen LogP contribution is -2.08. The van der Waals surface area contributed by atoms with Crippen LogP contribution in [0.15, 0.2) is 58.4 Å². The standard InChI is InChI=1S/C18H18N2O3S/c1-13(2)18-19-16-12-15(8-9-17(16)23-18)20-24(21,22)11-10-14-6-4-3-5-7-14/h3-13,20H,1-2H3. The number of sulfonamides is 1. The molecule has 0 atom stereocenters. The van der Waals surface area contributed by atoms with Crippen molar-refractivity contribution in [3.63, 3.8) is 0 Å². The van der Waals surface area contributed by atoms with E-state index < -0.39 is 10.0 Å². The van der Waals surface area contributed by atoms with Gasteiger partial charge in [0.2, 0.25) is 0 Å². The molecule has 3 rings (SSSR count). The molecule has 1 N–H and O–H groups in total. The number of hydrogen-bond acceptors (Lipinski definition) is 4. The molecule has 6 heteroatoms. The predicted molar refractivity (Wildman–Crippen MR) is 96.1 cm³/mol. The molecule has 0 aliphatic heterocycles. The molecular weight excluding hydrogens is 324 g/mol. The number of nitrogens with zero attached hydrogens (tertiary/aromatic N) is 1. The minimum atomic E-state index is -3.60. The largest absolute Gasteiger partial charge is 0.440 e. The lowest BCUT2D eigenvalue weighted by Gasteiger charge is -2.03. The van der Waals surface area contributed by atoms with E-state index >= 15 is 0 Å². The molecule has 3 aromatic rings. The van der Waals surface area contributed by atoms with Crippen LogP contribution in [0.5, 0.6) is 0 Å². The average molecular weight is 342 g/mol. The van der Waals surface area contributed by atoms with Gasteiger partial charge in [-0.25, -0.2) is 13.4 Å². The van der Waals surface area contributed by atoms with Crippen LogP contribution in [0, 0.1) is 0 Å². The molecule has 1 aromatic heterocycles. The summed E-state index contributed by atoms with van der Waals surface area (Å²) in [5.74, 6) is 0.806. The topological polar surface area (TPSA) is 72.2 Å². The smallest absolute Gasteiger partial charge is 0.255 e. The zero-order chi connectivity index (χ0) is 17.2. The van der Waals surface area contributed by atoms with Crippen LogP contribution in [-0.2, 0) is 10.0 Å². The summed E-state index contributed by atoms with van der Waals surface area (Å²) in [6.45, 7) is 3.98. The van der Waals surface area contributed by atoms with Crippen molar-refractivity contribution in [3.8, 4) is 0 Å². The first kappa shape index (κ1) is 16.3. The molecule has 0 amide bonds. The Kier molecular flexibility index (Phi) is 4.40. The van der Waals surface area contributed by atoms with Gasteiger partial charge in [-0.3, -0.25) is 4.72 Å². The molecule has 0 radical (unpaired) electrons. The maximum atomic E-state index is 12.2. The van der Waals surface area contributed by atoms with Gasteiger partial charge in [0.1, 0.15) is 5.52 Å². The van der Waals surface area contributed by atoms with Crippen LogP contribution in [-0.4, -0.2) is 13.4 Å². The molecule has 0 fully saturated rings. The Labute approximate surface area is 141 Å². The number of aromatic nitrogens is 1. The van der Waals surface area contributed by atoms with Crippen molar-refractivity contribution in [3.05, 3.63) is 65.4 Å². The number of rotatable bonds is 5. The van der Waals surface area contributed by atoms with Gasteiger partial charge >= 0.3 is 0 Å². The molecule has 0 unspecified atom stereocenters. The molecule has 0 bridgehead atoms. The predicted octanol–water partition coefficient (Wildman–Crippen LogP) is 4.36. The molecule has 5 nitrogen and oxygen atoms in total. The maximum absolute atomic E-state index is 12.2. The molecule has 1 heterocycles. The average Bonchev–Trinajstić information content (AvgIpc) is 2.97. The first-order valence-electron chi connectivity index (χ1n) is 7.59. The monoisotopic (exact) mass is 342 g/mol. The Balaban J connectivity index is 1.81. The van der Waals surface area contributed by atoms with E-state index in [1.54, 1.807) is 24.3 Å². The van der Waals surface area contributed by atoms with Crippen molar-refractivity contribution >= 4 is 32.9 Å². The molecule has 0 aliphatic rings. The van der Waals surface area contributed by atoms with Crippen molar-refractivity contribution < 1.29 is 12.8 Å². The van der Waals surface area contributed by atoms with Crippen molar-refractivity contribution in [1.82, 2.24) is 4.98 Å². The first-order valence-corrected chi connectivity index (χ1v) is 9.14. The van der Waals surface area contributed by atoms with Gasteiger partial charge in [0.05, 0.1) is 11.1 Å². The molecule has 124 valence electrons. The van der Waals surface area contributed by atoms with Gasteiger partial charge in [-0.2, -0.15) is 0 Å². The van der Waals surface area contributed by atoms with Crippen molar-refractivity contribution in [1.29, 1.82) is 0 Å². The van der Waals surface area contributed by atoms with Gasteiger partial charge in [-0.1, -0.05) is 44.2 Å². The number of oxazole rings is 1. The van der Waals surface area contributed by atoms with Crippen molar-refractivity contribution in [2.24, 2.45) is 0 Å². The first-order chi connectivity index (χ1) is 11.4. The van der Waals surface area contributed by atoms with E-state index in [0.717, 1.165) is 11.0 Å². The Bertz CT molecular complexity index is 974. The number of benzene rings is 2. The Morgan fingerprint density at radius 2 is 1.88 bits per heavy atom. The fraction of sp³-hybridized carbons (Fsp3) is 0.167. The minimum Gasteiger partial charge on any atom is -0.440 e. The van der Waals surface area contributed by atoms with E-state index in [0.29, 0.717) is 22.7 Å². The molecule has 24 heavy (non-hydrogen) atoms. The van der Waals surface area contributed by atoms with Crippen LogP contribution >= 0.6 is 0 Å². The van der Waals surface area contributed by atoms with Gasteiger partial charge in [0.15, 0.2) is 11.5 Å². The summed E-state index contributed by atoms with van der Waals surface area (Å²) in [6, 6.07) is 14.3. The summed E-state index contributed by atoms with van der Waals surface area (Å²) in [4.78, 5) is 4.38. The van der Waals surface area contributed by atoms with Crippen LogP contribution in [0.4, 0.5) is 5.69 Å². The summed E-state index contributed by atoms with van der Waals surface area (Å²) < 4.78 is 32.5. The van der Waals surface area contributed by atoms with E-state index in [1.165, 1.54) is 0 Å². The van der Waals surface area contributed by atoms with Crippen molar-refractivity contribution in [2.45, 2.75) is 19.8 Å². The Morgan fingerprint density at radius 1 is 1.12 bits per heavy atom. The Morgan fingerprint density at radius 3 is 2.58 bits per heavy atom. The summed E-state index contributed by atoms with van der Waals surface area (Å²) in [5, 5.41) is 1.15. The van der Waals surface area contributed by atoms with Crippen LogP contribution in [0.1, 0.15) is 31.2 Å². The SMILES string of the molecule is CC(C)c1nc2cc(NS(=O)(=O)C=Cc3ccccc3)ccc2o1. The van der Waals surface area contributed by atoms with Gasteiger partial charge < -0.3 is 4.42 Å². The van der Waals surface area contributed by atoms with Crippen LogP contribution in [0.25, 0.3) is 17.2 Å². The second-order valence-corrected chi connectivity index (χ2v) is 7.32. The highest BCUT2D eigenvalue weighted by molar-refractivity contribution is 7.95. The number of anilines is 1. The highest BCUT2D eigenvalue weighted by Gasteiger charge is 2.11. The second kappa shape index (κ2) is 6.49. The molecule has 0 saturated heterocycles. The lowest BCUT2D eigenvalue weighted by atomic mass is 10.2.